The molecule has 5 N–H and O–H groups in total. The van der Waals surface area contributed by atoms with Gasteiger partial charge in [-0.3, -0.25) is 24.0 Å². The van der Waals surface area contributed by atoms with Crippen molar-refractivity contribution in [3.05, 3.63) is 91.4 Å². The molecule has 0 radical (unpaired) electrons. The van der Waals surface area contributed by atoms with E-state index in [1.165, 1.54) is 12.1 Å². The fraction of sp³-hybridized carbons (Fsp3) is 0.161. The Bertz CT molecular complexity index is 2350. The fourth-order valence-corrected chi connectivity index (χ4v) is 6.56. The van der Waals surface area contributed by atoms with Crippen LogP contribution in [-0.4, -0.2) is 66.7 Å². The van der Waals surface area contributed by atoms with Crippen molar-refractivity contribution in [2.75, 3.05) is 12.5 Å². The predicted octanol–water partition coefficient (Wildman–Crippen LogP) is 3.07. The number of ether oxygens (including phenoxy) is 1. The Hall–Kier alpha value is -6.39. The van der Waals surface area contributed by atoms with Crippen molar-refractivity contribution in [3.8, 4) is 17.2 Å². The van der Waals surface area contributed by atoms with Gasteiger partial charge in [-0.05, 0) is 35.9 Å². The Morgan fingerprint density at radius 1 is 1.00 bits per heavy atom. The maximum atomic E-state index is 14.1. The number of rotatable bonds is 4. The number of aromatic amines is 1. The first-order valence-corrected chi connectivity index (χ1v) is 13.9. The number of aryl methyl sites for hydroxylation is 1. The predicted molar refractivity (Wildman–Crippen MR) is 157 cm³/mol. The number of phenolic OH excluding ortho intramolecular Hbond substituents is 3. The first-order chi connectivity index (χ1) is 22.7. The van der Waals surface area contributed by atoms with Gasteiger partial charge in [0, 0.05) is 17.8 Å². The number of methoxy groups -OCH3 is 1. The molecule has 3 aliphatic rings. The van der Waals surface area contributed by atoms with E-state index in [-0.39, 0.29) is 40.4 Å². The highest BCUT2D eigenvalue weighted by Crippen LogP contribution is 2.57. The van der Waals surface area contributed by atoms with E-state index in [4.69, 9.17) is 4.74 Å². The van der Waals surface area contributed by atoms with Gasteiger partial charge in [0.1, 0.15) is 28.4 Å². The number of fused-ring (bicyclic) bond motifs is 5. The molecule has 48 heavy (non-hydrogen) atoms. The van der Waals surface area contributed by atoms with Gasteiger partial charge < -0.3 is 25.0 Å². The molecule has 0 saturated heterocycles. The third-order valence-electron chi connectivity index (χ3n) is 8.58. The van der Waals surface area contributed by atoms with Crippen LogP contribution in [0.2, 0.25) is 0 Å². The summed E-state index contributed by atoms with van der Waals surface area (Å²) in [7, 11) is 1.10. The summed E-state index contributed by atoms with van der Waals surface area (Å²) < 4.78 is 43.7. The van der Waals surface area contributed by atoms with E-state index in [1.807, 2.05) is 0 Å². The topological polar surface area (TPSA) is 221 Å². The molecule has 0 bridgehead atoms. The van der Waals surface area contributed by atoms with Crippen LogP contribution < -0.4 is 11.0 Å². The van der Waals surface area contributed by atoms with Gasteiger partial charge >= 0.3 is 6.18 Å². The lowest BCUT2D eigenvalue weighted by Crippen LogP contribution is -2.36. The van der Waals surface area contributed by atoms with Gasteiger partial charge in [0.05, 0.1) is 46.7 Å². The minimum Gasteiger partial charge on any atom is -0.507 e. The van der Waals surface area contributed by atoms with E-state index >= 15 is 0 Å². The van der Waals surface area contributed by atoms with Gasteiger partial charge in [-0.25, -0.2) is 15.4 Å². The first-order valence-electron chi connectivity index (χ1n) is 13.9. The summed E-state index contributed by atoms with van der Waals surface area (Å²) in [4.78, 5) is 76.6. The number of hydrazone groups is 1. The molecule has 0 amide bonds. The number of ketones is 4. The van der Waals surface area contributed by atoms with E-state index in [1.54, 1.807) is 0 Å². The number of aromatic nitrogens is 3. The molecule has 4 aromatic rings. The number of nitrogens with zero attached hydrogens (tertiary/aromatic N) is 3. The van der Waals surface area contributed by atoms with Gasteiger partial charge in [-0.15, -0.1) is 0 Å². The fourth-order valence-electron chi connectivity index (χ4n) is 6.56. The number of alkyl halides is 3. The number of allylic oxidation sites excluding steroid dienone is 2. The van der Waals surface area contributed by atoms with Gasteiger partial charge in [-0.2, -0.15) is 18.3 Å². The zero-order chi connectivity index (χ0) is 34.4. The number of hydrogen-bond donors (Lipinski definition) is 5. The lowest BCUT2D eigenvalue weighted by Gasteiger charge is -2.22. The number of carbonyl (C=O) groups is 4. The van der Waals surface area contributed by atoms with Crippen molar-refractivity contribution in [1.82, 2.24) is 15.0 Å². The molecule has 7 rings (SSSR count). The Morgan fingerprint density at radius 3 is 2.35 bits per heavy atom. The van der Waals surface area contributed by atoms with Crippen LogP contribution in [0, 0.1) is 0 Å². The largest absolute Gasteiger partial charge is 0.507 e. The summed E-state index contributed by atoms with van der Waals surface area (Å²) >= 11 is 0. The monoisotopic (exact) mass is 661 g/mol. The van der Waals surface area contributed by atoms with E-state index in [2.05, 4.69) is 25.5 Å². The van der Waals surface area contributed by atoms with Crippen LogP contribution in [0.3, 0.4) is 0 Å². The lowest BCUT2D eigenvalue weighted by atomic mass is 9.76. The molecule has 14 nitrogen and oxygen atoms in total. The van der Waals surface area contributed by atoms with Gasteiger partial charge in [0.2, 0.25) is 11.7 Å². The number of phenols is 3. The summed E-state index contributed by atoms with van der Waals surface area (Å²) in [5.74, 6) is -7.72. The van der Waals surface area contributed by atoms with Gasteiger partial charge in [-0.1, -0.05) is 6.07 Å². The average Bonchev–Trinajstić information content (AvgIpc) is 3.52. The lowest BCUT2D eigenvalue weighted by molar-refractivity contribution is -0.141. The number of pyridine rings is 1. The van der Waals surface area contributed by atoms with Gasteiger partial charge in [0.15, 0.2) is 23.1 Å². The number of carbonyl (C=O) groups excluding carboxylic acids is 4. The second-order valence-corrected chi connectivity index (χ2v) is 11.1. The highest BCUT2D eigenvalue weighted by molar-refractivity contribution is 6.38. The third-order valence-corrected chi connectivity index (χ3v) is 8.58. The summed E-state index contributed by atoms with van der Waals surface area (Å²) in [6.07, 6.45) is -2.24. The number of anilines is 1. The maximum absolute atomic E-state index is 14.1. The van der Waals surface area contributed by atoms with Crippen LogP contribution >= 0.6 is 0 Å². The third kappa shape index (κ3) is 3.99. The van der Waals surface area contributed by atoms with Crippen LogP contribution in [0.15, 0.2) is 46.1 Å². The van der Waals surface area contributed by atoms with Crippen LogP contribution in [0.5, 0.6) is 17.2 Å². The molecule has 0 saturated carbocycles. The van der Waals surface area contributed by atoms with E-state index < -0.39 is 97.2 Å². The maximum Gasteiger partial charge on any atom is 0.433 e. The van der Waals surface area contributed by atoms with Crippen LogP contribution in [0.25, 0.3) is 10.8 Å². The Balaban J connectivity index is 1.30. The minimum absolute atomic E-state index is 0.0173. The first kappa shape index (κ1) is 30.3. The quantitative estimate of drug-likeness (QED) is 0.0922. The van der Waals surface area contributed by atoms with Crippen molar-refractivity contribution in [2.45, 2.75) is 24.4 Å². The Labute approximate surface area is 264 Å². The summed E-state index contributed by atoms with van der Waals surface area (Å²) in [6, 6.07) is 3.49. The van der Waals surface area contributed by atoms with Crippen molar-refractivity contribution in [1.29, 1.82) is 0 Å². The number of aromatic hydroxyl groups is 3. The standard InChI is InChI=1S/C31H18F3N5O9/c1-48-14-8-13(40)17-18(22(14)41)24(43)20-19(23(17)42)26(45)30(27(20)46)4-2-10-6-11-7-12(37-28(47)16(11)25(44)21(10)30)9-36-39-29-35-5-3-15(38-29)31(32,33)34/h3,5-9,42-44H,2,4H2,1H3,(H,37,47)(H,35,38,39). The smallest absolute Gasteiger partial charge is 0.433 e. The molecule has 1 spiro atoms. The molecule has 2 aromatic carbocycles. The zero-order valence-corrected chi connectivity index (χ0v) is 24.1. The number of Topliss-reactive ketones (excluding diaryl/α,β-unsaturated/α-hetero) is 3. The average molecular weight is 662 g/mol. The van der Waals surface area contributed by atoms with E-state index in [9.17, 15) is 52.5 Å². The SMILES string of the molecule is COC1=CC(=O)c2c(O)c3c(c(O)c2C1=O)C(=O)C1(CCc2cc4cc(C=NNc5nccc(C(F)(F)F)n5)[nH]c(=O)c4c(O)c21)C3=O. The summed E-state index contributed by atoms with van der Waals surface area (Å²) in [5.41, 5.74) is -4.80. The second kappa shape index (κ2) is 10.1. The molecular weight excluding hydrogens is 643 g/mol. The normalized spacial score (nSPS) is 18.5. The van der Waals surface area contributed by atoms with Crippen molar-refractivity contribution in [2.24, 2.45) is 5.10 Å². The summed E-state index contributed by atoms with van der Waals surface area (Å²) in [6.45, 7) is 0. The molecular formula is C31H18F3N5O9. The molecule has 17 heteroatoms. The van der Waals surface area contributed by atoms with Crippen LogP contribution in [-0.2, 0) is 22.7 Å². The number of benzene rings is 2. The van der Waals surface area contributed by atoms with Crippen molar-refractivity contribution < 1.29 is 52.4 Å². The molecule has 1 unspecified atom stereocenters. The van der Waals surface area contributed by atoms with Crippen molar-refractivity contribution >= 4 is 46.1 Å². The number of halogens is 3. The minimum atomic E-state index is -4.71. The molecule has 0 fully saturated rings. The highest BCUT2D eigenvalue weighted by atomic mass is 19.4. The van der Waals surface area contributed by atoms with E-state index in [0.29, 0.717) is 6.07 Å². The van der Waals surface area contributed by atoms with Crippen LogP contribution in [0.1, 0.15) is 70.4 Å². The Kier molecular flexibility index (Phi) is 6.34. The molecule has 3 aliphatic carbocycles. The highest BCUT2D eigenvalue weighted by Gasteiger charge is 2.61. The summed E-state index contributed by atoms with van der Waals surface area (Å²) in [5, 5.41) is 37.3. The van der Waals surface area contributed by atoms with E-state index in [0.717, 1.165) is 25.6 Å². The molecule has 242 valence electrons. The van der Waals surface area contributed by atoms with Crippen LogP contribution in [0.4, 0.5) is 19.1 Å². The number of nitrogens with one attached hydrogen (secondary N) is 2. The van der Waals surface area contributed by atoms with Crippen molar-refractivity contribution in [3.63, 3.8) is 0 Å². The number of hydrogen-bond acceptors (Lipinski definition) is 13. The van der Waals surface area contributed by atoms with Gasteiger partial charge in [0.25, 0.3) is 5.56 Å². The molecule has 0 aliphatic heterocycles. The second-order valence-electron chi connectivity index (χ2n) is 11.1. The molecule has 2 heterocycles. The molecule has 2 aromatic heterocycles. The molecule has 1 atom stereocenters. The Morgan fingerprint density at radius 2 is 1.69 bits per heavy atom. The number of H-pyrrole nitrogens is 1. The zero-order valence-electron chi connectivity index (χ0n) is 24.1.